The maximum absolute atomic E-state index is 12.9. The van der Waals surface area contributed by atoms with Crippen molar-refractivity contribution >= 4 is 11.8 Å². The Balaban J connectivity index is 1.84. The van der Waals surface area contributed by atoms with Gasteiger partial charge in [0.25, 0.3) is 0 Å². The van der Waals surface area contributed by atoms with Gasteiger partial charge < -0.3 is 25.8 Å². The molecule has 0 spiro atoms. The Kier molecular flexibility index (Phi) is 7.30. The van der Waals surface area contributed by atoms with E-state index in [-0.39, 0.29) is 24.9 Å². The fraction of sp³-hybridized carbons (Fsp3) is 0.333. The van der Waals surface area contributed by atoms with Crippen LogP contribution in [0.2, 0.25) is 0 Å². The minimum atomic E-state index is -4.47. The van der Waals surface area contributed by atoms with Crippen molar-refractivity contribution in [2.24, 2.45) is 10.7 Å². The zero-order valence-corrected chi connectivity index (χ0v) is 15.5. The third-order valence-corrected chi connectivity index (χ3v) is 3.72. The Hall–Kier alpha value is -3.17. The van der Waals surface area contributed by atoms with Gasteiger partial charge in [0.15, 0.2) is 17.5 Å². The number of benzene rings is 1. The molecular weight excluding hydrogens is 375 g/mol. The monoisotopic (exact) mass is 397 g/mol. The van der Waals surface area contributed by atoms with Crippen molar-refractivity contribution in [3.05, 3.63) is 47.7 Å². The number of nitrogens with two attached hydrogens (primary N) is 1. The number of pyridine rings is 1. The van der Waals surface area contributed by atoms with Gasteiger partial charge in [-0.1, -0.05) is 6.07 Å². The molecule has 152 valence electrons. The lowest BCUT2D eigenvalue weighted by Gasteiger charge is -2.13. The van der Waals surface area contributed by atoms with Gasteiger partial charge in [0.1, 0.15) is 5.82 Å². The molecule has 7 nitrogen and oxygen atoms in total. The highest BCUT2D eigenvalue weighted by Crippen LogP contribution is 2.33. The molecule has 2 aromatic rings. The summed E-state index contributed by atoms with van der Waals surface area (Å²) in [6.45, 7) is 0.771. The van der Waals surface area contributed by atoms with E-state index in [0.29, 0.717) is 18.0 Å². The fourth-order valence-electron chi connectivity index (χ4n) is 2.36. The molecule has 0 aliphatic carbocycles. The van der Waals surface area contributed by atoms with Gasteiger partial charge in [-0.2, -0.15) is 13.2 Å². The molecule has 0 bridgehead atoms. The summed E-state index contributed by atoms with van der Waals surface area (Å²) >= 11 is 0. The maximum Gasteiger partial charge on any atom is 0.419 e. The van der Waals surface area contributed by atoms with Crippen molar-refractivity contribution in [3.8, 4) is 11.5 Å². The normalized spacial score (nSPS) is 11.8. The van der Waals surface area contributed by atoms with Crippen LogP contribution in [0.15, 0.2) is 41.5 Å². The number of hydrogen-bond acceptors (Lipinski definition) is 5. The highest BCUT2D eigenvalue weighted by atomic mass is 19.4. The molecule has 10 heteroatoms. The summed E-state index contributed by atoms with van der Waals surface area (Å²) in [6, 6.07) is 7.60. The zero-order chi connectivity index (χ0) is 20.6. The van der Waals surface area contributed by atoms with Crippen LogP contribution in [0, 0.1) is 0 Å². The SMILES string of the molecule is COc1ccc(CN=C(N)NCCNc2ncccc2C(F)(F)F)cc1OC. The first-order valence-electron chi connectivity index (χ1n) is 8.36. The quantitative estimate of drug-likeness (QED) is 0.360. The average Bonchev–Trinajstić information content (AvgIpc) is 2.69. The van der Waals surface area contributed by atoms with Crippen molar-refractivity contribution in [2.75, 3.05) is 32.6 Å². The van der Waals surface area contributed by atoms with Gasteiger partial charge >= 0.3 is 6.18 Å². The summed E-state index contributed by atoms with van der Waals surface area (Å²) in [5.41, 5.74) is 5.84. The third kappa shape index (κ3) is 5.93. The van der Waals surface area contributed by atoms with Crippen molar-refractivity contribution in [2.45, 2.75) is 12.7 Å². The van der Waals surface area contributed by atoms with E-state index in [1.54, 1.807) is 26.4 Å². The third-order valence-electron chi connectivity index (χ3n) is 3.72. The van der Waals surface area contributed by atoms with Crippen LogP contribution in [0.3, 0.4) is 0 Å². The first-order valence-corrected chi connectivity index (χ1v) is 8.36. The predicted molar refractivity (Wildman–Crippen MR) is 101 cm³/mol. The van der Waals surface area contributed by atoms with Gasteiger partial charge in [0, 0.05) is 19.3 Å². The van der Waals surface area contributed by atoms with Gasteiger partial charge in [0.2, 0.25) is 0 Å². The number of hydrogen-bond donors (Lipinski definition) is 3. The highest BCUT2D eigenvalue weighted by Gasteiger charge is 2.33. The van der Waals surface area contributed by atoms with Gasteiger partial charge in [-0.15, -0.1) is 0 Å². The maximum atomic E-state index is 12.9. The van der Waals surface area contributed by atoms with Gasteiger partial charge in [0.05, 0.1) is 26.3 Å². The fourth-order valence-corrected chi connectivity index (χ4v) is 2.36. The average molecular weight is 397 g/mol. The molecule has 0 aliphatic heterocycles. The van der Waals surface area contributed by atoms with Crippen molar-refractivity contribution in [3.63, 3.8) is 0 Å². The van der Waals surface area contributed by atoms with Crippen molar-refractivity contribution < 1.29 is 22.6 Å². The Morgan fingerprint density at radius 3 is 2.57 bits per heavy atom. The number of rotatable bonds is 8. The topological polar surface area (TPSA) is 93.8 Å². The number of guanidine groups is 1. The standard InChI is InChI=1S/C18H22F3N5O2/c1-27-14-6-5-12(10-15(14)28-2)11-26-17(22)25-9-8-24-16-13(18(19,20)21)4-3-7-23-16/h3-7,10H,8-9,11H2,1-2H3,(H,23,24)(H3,22,25,26). The first-order chi connectivity index (χ1) is 13.3. The van der Waals surface area contributed by atoms with Crippen LogP contribution < -0.4 is 25.8 Å². The lowest BCUT2D eigenvalue weighted by Crippen LogP contribution is -2.35. The minimum Gasteiger partial charge on any atom is -0.493 e. The second-order valence-corrected chi connectivity index (χ2v) is 5.64. The number of halogens is 3. The summed E-state index contributed by atoms with van der Waals surface area (Å²) in [5, 5.41) is 5.47. The number of alkyl halides is 3. The lowest BCUT2D eigenvalue weighted by atomic mass is 10.2. The molecule has 2 rings (SSSR count). The van der Waals surface area contributed by atoms with E-state index in [2.05, 4.69) is 20.6 Å². The summed E-state index contributed by atoms with van der Waals surface area (Å²) in [4.78, 5) is 7.92. The van der Waals surface area contributed by atoms with E-state index >= 15 is 0 Å². The number of methoxy groups -OCH3 is 2. The number of anilines is 1. The van der Waals surface area contributed by atoms with Crippen LogP contribution in [0.1, 0.15) is 11.1 Å². The molecule has 0 saturated carbocycles. The smallest absolute Gasteiger partial charge is 0.419 e. The summed E-state index contributed by atoms with van der Waals surface area (Å²) in [6.07, 6.45) is -3.17. The van der Waals surface area contributed by atoms with E-state index in [1.807, 2.05) is 6.07 Å². The van der Waals surface area contributed by atoms with Gasteiger partial charge in [-0.05, 0) is 29.8 Å². The molecular formula is C18H22F3N5O2. The van der Waals surface area contributed by atoms with Crippen molar-refractivity contribution in [1.82, 2.24) is 10.3 Å². The molecule has 0 aliphatic rings. The Morgan fingerprint density at radius 1 is 1.14 bits per heavy atom. The number of nitrogens with one attached hydrogen (secondary N) is 2. The van der Waals surface area contributed by atoms with Crippen LogP contribution >= 0.6 is 0 Å². The molecule has 1 aromatic carbocycles. The molecule has 1 heterocycles. The summed E-state index contributed by atoms with van der Waals surface area (Å²) in [5.74, 6) is 1.15. The van der Waals surface area contributed by atoms with E-state index < -0.39 is 11.7 Å². The molecule has 0 saturated heterocycles. The molecule has 0 fully saturated rings. The van der Waals surface area contributed by atoms with Gasteiger partial charge in [-0.25, -0.2) is 9.98 Å². The van der Waals surface area contributed by atoms with Crippen molar-refractivity contribution in [1.29, 1.82) is 0 Å². The molecule has 0 atom stereocenters. The van der Waals surface area contributed by atoms with Crippen LogP contribution in [0.25, 0.3) is 0 Å². The Bertz CT molecular complexity index is 812. The molecule has 28 heavy (non-hydrogen) atoms. The summed E-state index contributed by atoms with van der Waals surface area (Å²) < 4.78 is 49.1. The van der Waals surface area contributed by atoms with E-state index in [9.17, 15) is 13.2 Å². The molecule has 0 radical (unpaired) electrons. The van der Waals surface area contributed by atoms with E-state index in [4.69, 9.17) is 15.2 Å². The molecule has 1 aromatic heterocycles. The number of aromatic nitrogens is 1. The predicted octanol–water partition coefficient (Wildman–Crippen LogP) is 2.63. The largest absolute Gasteiger partial charge is 0.493 e. The van der Waals surface area contributed by atoms with Crippen LogP contribution in [0.4, 0.5) is 19.0 Å². The van der Waals surface area contributed by atoms with Crippen LogP contribution in [-0.4, -0.2) is 38.3 Å². The first kappa shape index (κ1) is 21.1. The highest BCUT2D eigenvalue weighted by molar-refractivity contribution is 5.77. The van der Waals surface area contributed by atoms with Crippen LogP contribution in [-0.2, 0) is 12.7 Å². The minimum absolute atomic E-state index is 0.175. The zero-order valence-electron chi connectivity index (χ0n) is 15.5. The molecule has 0 amide bonds. The second-order valence-electron chi connectivity index (χ2n) is 5.64. The number of ether oxygens (including phenoxy) is 2. The molecule has 4 N–H and O–H groups in total. The van der Waals surface area contributed by atoms with Gasteiger partial charge in [-0.3, -0.25) is 0 Å². The number of aliphatic imine (C=N–C) groups is 1. The van der Waals surface area contributed by atoms with E-state index in [1.165, 1.54) is 12.3 Å². The summed E-state index contributed by atoms with van der Waals surface area (Å²) in [7, 11) is 3.09. The Labute approximate surface area is 160 Å². The number of nitrogens with zero attached hydrogens (tertiary/aromatic N) is 2. The van der Waals surface area contributed by atoms with E-state index in [0.717, 1.165) is 11.6 Å². The van der Waals surface area contributed by atoms with Crippen LogP contribution in [0.5, 0.6) is 11.5 Å². The molecule has 0 unspecified atom stereocenters. The Morgan fingerprint density at radius 2 is 1.89 bits per heavy atom. The second kappa shape index (κ2) is 9.67. The lowest BCUT2D eigenvalue weighted by molar-refractivity contribution is -0.137.